The largest absolute Gasteiger partial charge is 0.382 e. The van der Waals surface area contributed by atoms with Crippen molar-refractivity contribution in [2.45, 2.75) is 58.7 Å². The van der Waals surface area contributed by atoms with Crippen LogP contribution >= 0.6 is 0 Å². The summed E-state index contributed by atoms with van der Waals surface area (Å²) in [6, 6.07) is 0. The van der Waals surface area contributed by atoms with E-state index in [0.29, 0.717) is 0 Å². The van der Waals surface area contributed by atoms with Crippen LogP contribution < -0.4 is 0 Å². The topological polar surface area (TPSA) is 0 Å². The lowest BCUT2D eigenvalue weighted by Crippen LogP contribution is -2.98. The van der Waals surface area contributed by atoms with Crippen molar-refractivity contribution in [2.75, 3.05) is 0 Å². The summed E-state index contributed by atoms with van der Waals surface area (Å²) in [5.74, 6) is -66.8. The summed E-state index contributed by atoms with van der Waals surface area (Å²) in [5.41, 5.74) is -17.3. The van der Waals surface area contributed by atoms with E-state index in [0.717, 1.165) is 0 Å². The van der Waals surface area contributed by atoms with Gasteiger partial charge in [-0.15, -0.1) is 0 Å². The van der Waals surface area contributed by atoms with E-state index < -0.39 is 58.7 Å². The van der Waals surface area contributed by atoms with Crippen LogP contribution in [0.4, 0.5) is 79.0 Å². The lowest BCUT2D eigenvalue weighted by atomic mass is 9.54. The first-order valence-electron chi connectivity index (χ1n) is 6.15. The Kier molecular flexibility index (Phi) is 3.75. The fraction of sp³-hybridized carbons (Fsp3) is 1.00. The highest BCUT2D eigenvalue weighted by molar-refractivity contribution is 5.42. The highest BCUT2D eigenvalue weighted by Crippen LogP contribution is 2.81. The van der Waals surface area contributed by atoms with Crippen LogP contribution in [0.15, 0.2) is 0 Å². The lowest BCUT2D eigenvalue weighted by Gasteiger charge is -2.63. The Balaban J connectivity index is 3.23. The van der Waals surface area contributed by atoms with Crippen molar-refractivity contribution < 1.29 is 79.0 Å². The lowest BCUT2D eigenvalue weighted by molar-refractivity contribution is -0.560. The average Bonchev–Trinajstić information content (AvgIpc) is 2.49. The average molecular weight is 462 g/mol. The molecular weight excluding hydrogens is 462 g/mol. The number of halogens is 18. The Morgan fingerprint density at radius 2 is 0.286 bits per heavy atom. The van der Waals surface area contributed by atoms with E-state index in [1.165, 1.54) is 0 Å². The second-order valence-corrected chi connectivity index (χ2v) is 5.91. The predicted octanol–water partition coefficient (Wildman–Crippen LogP) is 5.51. The summed E-state index contributed by atoms with van der Waals surface area (Å²) >= 11 is 0. The van der Waals surface area contributed by atoms with Gasteiger partial charge in [-0.1, -0.05) is 0 Å². The van der Waals surface area contributed by atoms with Gasteiger partial charge in [-0.3, -0.25) is 0 Å². The Hall–Kier alpha value is -1.26. The quantitative estimate of drug-likeness (QED) is 0.417. The van der Waals surface area contributed by atoms with Crippen LogP contribution in [0, 0.1) is 0 Å². The molecule has 2 fully saturated rings. The van der Waals surface area contributed by atoms with Gasteiger partial charge in [0.15, 0.2) is 0 Å². The molecule has 0 spiro atoms. The van der Waals surface area contributed by atoms with E-state index in [4.69, 9.17) is 0 Å². The van der Waals surface area contributed by atoms with Gasteiger partial charge in [0, 0.05) is 0 Å². The maximum atomic E-state index is 14.2. The van der Waals surface area contributed by atoms with E-state index in [9.17, 15) is 79.0 Å². The molecular formula is C10F18. The van der Waals surface area contributed by atoms with Crippen molar-refractivity contribution >= 4 is 0 Å². The van der Waals surface area contributed by atoms with E-state index in [1.54, 1.807) is 0 Å². The molecule has 2 aliphatic rings. The Morgan fingerprint density at radius 1 is 0.179 bits per heavy atom. The van der Waals surface area contributed by atoms with Crippen LogP contribution in [0.5, 0.6) is 0 Å². The molecule has 28 heavy (non-hydrogen) atoms. The van der Waals surface area contributed by atoms with E-state index in [2.05, 4.69) is 0 Å². The number of alkyl halides is 18. The third-order valence-electron chi connectivity index (χ3n) is 4.57. The minimum absolute atomic E-state index is 8.23. The Morgan fingerprint density at radius 3 is 0.393 bits per heavy atom. The molecule has 0 radical (unpaired) electrons. The standard InChI is InChI=1S/C10F18/c11-1-2(12,5(17,18)9(25,26)7(21,22)3(1,13)14)6(19,20)10(27,28)8(23,24)4(1,15)16/t1-,2+. The predicted molar refractivity (Wildman–Crippen MR) is 47.3 cm³/mol. The highest BCUT2D eigenvalue weighted by atomic mass is 19.4. The molecule has 166 valence electrons. The summed E-state index contributed by atoms with van der Waals surface area (Å²) in [7, 11) is 0. The van der Waals surface area contributed by atoms with Gasteiger partial charge in [0.1, 0.15) is 0 Å². The molecule has 0 unspecified atom stereocenters. The van der Waals surface area contributed by atoms with E-state index >= 15 is 0 Å². The minimum atomic E-state index is -8.64. The van der Waals surface area contributed by atoms with Crippen molar-refractivity contribution in [1.29, 1.82) is 0 Å². The van der Waals surface area contributed by atoms with Crippen molar-refractivity contribution in [3.63, 3.8) is 0 Å². The van der Waals surface area contributed by atoms with Crippen LogP contribution in [0.25, 0.3) is 0 Å². The third-order valence-corrected chi connectivity index (χ3v) is 4.57. The first-order chi connectivity index (χ1) is 11.8. The molecule has 2 aliphatic carbocycles. The summed E-state index contributed by atoms with van der Waals surface area (Å²) in [6.07, 6.45) is 0. The second-order valence-electron chi connectivity index (χ2n) is 5.91. The third kappa shape index (κ3) is 1.46. The Labute approximate surface area is 139 Å². The molecule has 0 heterocycles. The van der Waals surface area contributed by atoms with Gasteiger partial charge < -0.3 is 0 Å². The van der Waals surface area contributed by atoms with Gasteiger partial charge in [0.2, 0.25) is 0 Å². The summed E-state index contributed by atoms with van der Waals surface area (Å²) < 4.78 is 241. The number of hydrogen-bond donors (Lipinski definition) is 0. The molecule has 0 aliphatic heterocycles. The van der Waals surface area contributed by atoms with Crippen molar-refractivity contribution in [3.8, 4) is 0 Å². The number of fused-ring (bicyclic) bond motifs is 1. The summed E-state index contributed by atoms with van der Waals surface area (Å²) in [5, 5.41) is 0. The minimum Gasteiger partial charge on any atom is -0.226 e. The second kappa shape index (κ2) is 4.57. The molecule has 0 aromatic heterocycles. The Bertz CT molecular complexity index is 587. The van der Waals surface area contributed by atoms with Crippen molar-refractivity contribution in [1.82, 2.24) is 0 Å². The van der Waals surface area contributed by atoms with Gasteiger partial charge in [-0.25, -0.2) is 8.78 Å². The molecule has 0 aromatic rings. The zero-order valence-electron chi connectivity index (χ0n) is 11.8. The number of hydrogen-bond acceptors (Lipinski definition) is 0. The van der Waals surface area contributed by atoms with Gasteiger partial charge in [0.25, 0.3) is 11.3 Å². The molecule has 18 heteroatoms. The van der Waals surface area contributed by atoms with Crippen LogP contribution in [-0.2, 0) is 0 Å². The van der Waals surface area contributed by atoms with E-state index in [-0.39, 0.29) is 0 Å². The molecule has 0 N–H and O–H groups in total. The molecule has 0 aromatic carbocycles. The maximum absolute atomic E-state index is 14.2. The fourth-order valence-corrected chi connectivity index (χ4v) is 2.91. The van der Waals surface area contributed by atoms with Gasteiger partial charge in [-0.2, -0.15) is 70.2 Å². The SMILES string of the molecule is FC1(F)C(F)(F)C(F)(F)[C@]2(F)C(F)(F)C(F)(F)C(F)(F)C(F)(F)[C@]2(F)C1(F)F. The monoisotopic (exact) mass is 462 g/mol. The maximum Gasteiger partial charge on any atom is 0.382 e. The normalized spacial score (nSPS) is 43.1. The van der Waals surface area contributed by atoms with Crippen molar-refractivity contribution in [2.24, 2.45) is 0 Å². The smallest absolute Gasteiger partial charge is 0.226 e. The molecule has 2 rings (SSSR count). The number of rotatable bonds is 0. The van der Waals surface area contributed by atoms with Crippen LogP contribution in [0.3, 0.4) is 0 Å². The van der Waals surface area contributed by atoms with Crippen LogP contribution in [0.2, 0.25) is 0 Å². The molecule has 0 bridgehead atoms. The molecule has 0 saturated heterocycles. The zero-order valence-corrected chi connectivity index (χ0v) is 11.8. The first-order valence-corrected chi connectivity index (χ1v) is 6.15. The molecule has 0 atom stereocenters. The highest BCUT2D eigenvalue weighted by Gasteiger charge is 3.15. The molecule has 0 nitrogen and oxygen atoms in total. The zero-order chi connectivity index (χ0) is 23.0. The van der Waals surface area contributed by atoms with E-state index in [1.807, 2.05) is 0 Å². The van der Waals surface area contributed by atoms with Crippen LogP contribution in [-0.4, -0.2) is 58.7 Å². The molecule has 2 saturated carbocycles. The molecule has 0 amide bonds. The van der Waals surface area contributed by atoms with Gasteiger partial charge in [0.05, 0.1) is 0 Å². The van der Waals surface area contributed by atoms with Crippen molar-refractivity contribution in [3.05, 3.63) is 0 Å². The fourth-order valence-electron chi connectivity index (χ4n) is 2.91. The summed E-state index contributed by atoms with van der Waals surface area (Å²) in [6.45, 7) is 0. The van der Waals surface area contributed by atoms with Gasteiger partial charge >= 0.3 is 47.4 Å². The first kappa shape index (κ1) is 23.0. The van der Waals surface area contributed by atoms with Gasteiger partial charge in [-0.05, 0) is 0 Å². The summed E-state index contributed by atoms with van der Waals surface area (Å²) in [4.78, 5) is 0. The van der Waals surface area contributed by atoms with Crippen LogP contribution in [0.1, 0.15) is 0 Å².